The lowest BCUT2D eigenvalue weighted by Crippen LogP contribution is -2.60. The maximum atomic E-state index is 12.6. The van der Waals surface area contributed by atoms with Gasteiger partial charge in [0.1, 0.15) is 12.3 Å². The summed E-state index contributed by atoms with van der Waals surface area (Å²) < 4.78 is 0. The van der Waals surface area contributed by atoms with Crippen molar-refractivity contribution in [2.75, 3.05) is 20.1 Å². The van der Waals surface area contributed by atoms with Crippen molar-refractivity contribution >= 4 is 30.0 Å². The molecule has 29 heavy (non-hydrogen) atoms. The molecule has 0 spiro atoms. The number of hydrogen-bond donors (Lipinski definition) is 6. The van der Waals surface area contributed by atoms with Gasteiger partial charge in [-0.15, -0.1) is 0 Å². The monoisotopic (exact) mass is 409 g/mol. The number of nitrogens with one attached hydrogen (secondary N) is 5. The van der Waals surface area contributed by atoms with Crippen LogP contribution in [0.15, 0.2) is 12.2 Å². The second kappa shape index (κ2) is 12.5. The van der Waals surface area contributed by atoms with E-state index in [1.807, 2.05) is 0 Å². The average Bonchev–Trinajstić information content (AvgIpc) is 2.67. The zero-order valence-corrected chi connectivity index (χ0v) is 16.9. The third-order valence-corrected chi connectivity index (χ3v) is 4.31. The van der Waals surface area contributed by atoms with Gasteiger partial charge in [-0.25, -0.2) is 0 Å². The van der Waals surface area contributed by atoms with E-state index in [4.69, 9.17) is 11.1 Å². The predicted molar refractivity (Wildman–Crippen MR) is 108 cm³/mol. The van der Waals surface area contributed by atoms with Crippen LogP contribution in [-0.2, 0) is 19.2 Å². The minimum Gasteiger partial charge on any atom is -0.370 e. The summed E-state index contributed by atoms with van der Waals surface area (Å²) in [5, 5.41) is 17.7. The van der Waals surface area contributed by atoms with Crippen LogP contribution in [0.25, 0.3) is 0 Å². The van der Waals surface area contributed by atoms with Crippen molar-refractivity contribution in [2.24, 2.45) is 5.73 Å². The molecule has 0 bridgehead atoms. The number of allylic oxidation sites excluding steroid dienone is 1. The van der Waals surface area contributed by atoms with Crippen LogP contribution in [0.1, 0.15) is 32.6 Å². The lowest BCUT2D eigenvalue weighted by molar-refractivity contribution is -0.136. The second-order valence-electron chi connectivity index (χ2n) is 6.85. The summed E-state index contributed by atoms with van der Waals surface area (Å²) in [5.41, 5.74) is 5.20. The highest BCUT2D eigenvalue weighted by Crippen LogP contribution is 2.01. The maximum absolute atomic E-state index is 12.6. The van der Waals surface area contributed by atoms with Crippen molar-refractivity contribution in [3.05, 3.63) is 12.2 Å². The summed E-state index contributed by atoms with van der Waals surface area (Å²) in [5.74, 6) is -1.39. The maximum Gasteiger partial charge on any atom is 0.258 e. The fourth-order valence-corrected chi connectivity index (χ4v) is 2.71. The molecule has 0 radical (unpaired) electrons. The van der Waals surface area contributed by atoms with E-state index in [1.165, 1.54) is 4.90 Å². The molecule has 1 aliphatic heterocycles. The molecule has 7 N–H and O–H groups in total. The van der Waals surface area contributed by atoms with Crippen LogP contribution in [0, 0.1) is 5.41 Å². The summed E-state index contributed by atoms with van der Waals surface area (Å²) in [6.45, 7) is 2.34. The van der Waals surface area contributed by atoms with E-state index in [0.29, 0.717) is 38.6 Å². The Hall–Kier alpha value is -2.95. The molecule has 0 aromatic heterocycles. The van der Waals surface area contributed by atoms with Gasteiger partial charge in [0.25, 0.3) is 5.91 Å². The normalized spacial score (nSPS) is 22.4. The Bertz CT molecular complexity index is 638. The molecule has 0 aromatic rings. The first-order valence-electron chi connectivity index (χ1n) is 9.53. The molecule has 0 unspecified atom stereocenters. The molecule has 0 aromatic carbocycles. The van der Waals surface area contributed by atoms with Gasteiger partial charge in [0, 0.05) is 26.6 Å². The predicted octanol–water partition coefficient (Wildman–Crippen LogP) is -1.84. The van der Waals surface area contributed by atoms with Crippen LogP contribution >= 0.6 is 0 Å². The highest BCUT2D eigenvalue weighted by atomic mass is 16.2. The number of carbonyl (C=O) groups excluding carboxylic acids is 4. The summed E-state index contributed by atoms with van der Waals surface area (Å²) in [7, 11) is 1.63. The first kappa shape index (κ1) is 24.1. The van der Waals surface area contributed by atoms with Crippen LogP contribution in [0.2, 0.25) is 0 Å². The third-order valence-electron chi connectivity index (χ3n) is 4.31. The Balaban J connectivity index is 2.83. The largest absolute Gasteiger partial charge is 0.370 e. The molecule has 1 rings (SSSR count). The van der Waals surface area contributed by atoms with Crippen molar-refractivity contribution in [1.29, 1.82) is 5.41 Å². The standard InChI is InChI=1S/C18H31N7O4/c1-12-17(29)25(2)10-5-3-4-8-14(27)24-15(16(28)22-12)23-13(11-26)7-6-9-21-18(19)20/h3,5,11-13,15,23H,4,6-10H2,1-2H3,(H,22,28)(H,24,27)(H4,19,20,21)/t12-,13-,15+/m0/s1. The smallest absolute Gasteiger partial charge is 0.258 e. The zero-order chi connectivity index (χ0) is 21.8. The number of likely N-dealkylation sites (N-methyl/N-ethyl adjacent to an activating group) is 1. The molecule has 0 saturated carbocycles. The second-order valence-corrected chi connectivity index (χ2v) is 6.85. The van der Waals surface area contributed by atoms with Gasteiger partial charge in [0.2, 0.25) is 11.8 Å². The highest BCUT2D eigenvalue weighted by Gasteiger charge is 2.27. The van der Waals surface area contributed by atoms with Gasteiger partial charge in [-0.3, -0.25) is 25.1 Å². The Morgan fingerprint density at radius 2 is 2.10 bits per heavy atom. The van der Waals surface area contributed by atoms with Gasteiger partial charge < -0.3 is 31.4 Å². The topological polar surface area (TPSA) is 170 Å². The van der Waals surface area contributed by atoms with Gasteiger partial charge in [-0.05, 0) is 26.2 Å². The Labute approximate surface area is 170 Å². The van der Waals surface area contributed by atoms with Crippen LogP contribution < -0.4 is 27.0 Å². The highest BCUT2D eigenvalue weighted by molar-refractivity contribution is 5.92. The quantitative estimate of drug-likeness (QED) is 0.0943. The van der Waals surface area contributed by atoms with Gasteiger partial charge in [-0.2, -0.15) is 0 Å². The van der Waals surface area contributed by atoms with Crippen molar-refractivity contribution < 1.29 is 19.2 Å². The molecule has 162 valence electrons. The minimum atomic E-state index is -1.16. The molecule has 0 saturated heterocycles. The Kier molecular flexibility index (Phi) is 10.4. The number of aldehydes is 1. The van der Waals surface area contributed by atoms with E-state index in [-0.39, 0.29) is 24.2 Å². The fraction of sp³-hybridized carbons (Fsp3) is 0.611. The lowest BCUT2D eigenvalue weighted by atomic mass is 10.1. The van der Waals surface area contributed by atoms with E-state index in [2.05, 4.69) is 21.3 Å². The van der Waals surface area contributed by atoms with Crippen molar-refractivity contribution in [3.63, 3.8) is 0 Å². The number of hydrogen-bond acceptors (Lipinski definition) is 6. The molecule has 0 aliphatic carbocycles. The number of rotatable bonds is 7. The van der Waals surface area contributed by atoms with Crippen molar-refractivity contribution in [2.45, 2.75) is 50.9 Å². The lowest BCUT2D eigenvalue weighted by Gasteiger charge is -2.26. The summed E-state index contributed by atoms with van der Waals surface area (Å²) in [6, 6.07) is -1.50. The molecule has 3 atom stereocenters. The van der Waals surface area contributed by atoms with Gasteiger partial charge in [0.05, 0.1) is 6.04 Å². The number of amides is 3. The van der Waals surface area contributed by atoms with Crippen LogP contribution in [0.4, 0.5) is 0 Å². The molecule has 3 amide bonds. The molecular weight excluding hydrogens is 378 g/mol. The molecule has 11 heteroatoms. The average molecular weight is 409 g/mol. The van der Waals surface area contributed by atoms with Crippen LogP contribution in [-0.4, -0.2) is 73.3 Å². The minimum absolute atomic E-state index is 0.167. The summed E-state index contributed by atoms with van der Waals surface area (Å²) in [6.07, 6.45) is 4.61. The molecule has 1 heterocycles. The van der Waals surface area contributed by atoms with Crippen LogP contribution in [0.3, 0.4) is 0 Å². The van der Waals surface area contributed by atoms with E-state index in [1.54, 1.807) is 26.1 Å². The van der Waals surface area contributed by atoms with E-state index < -0.39 is 24.2 Å². The summed E-state index contributed by atoms with van der Waals surface area (Å²) >= 11 is 0. The first-order chi connectivity index (χ1) is 13.7. The van der Waals surface area contributed by atoms with Gasteiger partial charge in [-0.1, -0.05) is 12.2 Å². The van der Waals surface area contributed by atoms with Gasteiger partial charge >= 0.3 is 0 Å². The molecule has 0 fully saturated rings. The number of nitrogens with two attached hydrogens (primary N) is 1. The SMILES string of the molecule is C[C@@H]1NC(=O)[C@H](N[C@H](C=O)CCCNC(=N)N)NC(=O)CCC=CCN(C)C1=O. The Morgan fingerprint density at radius 3 is 2.76 bits per heavy atom. The van der Waals surface area contributed by atoms with Gasteiger partial charge in [0.15, 0.2) is 12.1 Å². The summed E-state index contributed by atoms with van der Waals surface area (Å²) in [4.78, 5) is 50.1. The third kappa shape index (κ3) is 9.19. The fourth-order valence-electron chi connectivity index (χ4n) is 2.71. The molecule has 1 aliphatic rings. The first-order valence-corrected chi connectivity index (χ1v) is 9.53. The number of guanidine groups is 1. The van der Waals surface area contributed by atoms with Crippen molar-refractivity contribution in [3.8, 4) is 0 Å². The Morgan fingerprint density at radius 1 is 1.38 bits per heavy atom. The molecule has 11 nitrogen and oxygen atoms in total. The van der Waals surface area contributed by atoms with Crippen LogP contribution in [0.5, 0.6) is 0 Å². The van der Waals surface area contributed by atoms with E-state index in [9.17, 15) is 19.2 Å². The van der Waals surface area contributed by atoms with E-state index in [0.717, 1.165) is 0 Å². The number of nitrogens with zero attached hydrogens (tertiary/aromatic N) is 1. The van der Waals surface area contributed by atoms with Crippen molar-refractivity contribution in [1.82, 2.24) is 26.2 Å². The number of carbonyl (C=O) groups is 4. The molecular formula is C18H31N7O4. The van der Waals surface area contributed by atoms with E-state index >= 15 is 0 Å². The zero-order valence-electron chi connectivity index (χ0n) is 16.9.